The molecule has 1 aliphatic rings. The summed E-state index contributed by atoms with van der Waals surface area (Å²) in [4.78, 5) is 2.44. The van der Waals surface area contributed by atoms with Gasteiger partial charge < -0.3 is 9.64 Å². The predicted molar refractivity (Wildman–Crippen MR) is 235 cm³/mol. The molecule has 0 radical (unpaired) electrons. The molecule has 0 aromatic heterocycles. The van der Waals surface area contributed by atoms with Crippen molar-refractivity contribution in [3.8, 4) is 56.0 Å². The van der Waals surface area contributed by atoms with Crippen LogP contribution in [0.1, 0.15) is 0 Å². The summed E-state index contributed by atoms with van der Waals surface area (Å²) < 4.78 is 6.41. The molecule has 11 rings (SSSR count). The quantitative estimate of drug-likeness (QED) is 0.170. The maximum atomic E-state index is 6.41. The second kappa shape index (κ2) is 13.2. The van der Waals surface area contributed by atoms with E-state index < -0.39 is 0 Å². The van der Waals surface area contributed by atoms with Crippen molar-refractivity contribution in [1.82, 2.24) is 0 Å². The average Bonchev–Trinajstić information content (AvgIpc) is 3.27. The summed E-state index contributed by atoms with van der Waals surface area (Å²) in [5.74, 6) is 1.78. The first-order valence-corrected chi connectivity index (χ1v) is 19.2. The maximum absolute atomic E-state index is 6.41. The zero-order valence-corrected chi connectivity index (χ0v) is 30.6. The van der Waals surface area contributed by atoms with E-state index in [2.05, 4.69) is 211 Å². The Kier molecular flexibility index (Phi) is 7.53. The topological polar surface area (TPSA) is 12.5 Å². The van der Waals surface area contributed by atoms with Gasteiger partial charge in [-0.05, 0) is 109 Å². The second-order valence-corrected chi connectivity index (χ2v) is 14.5. The minimum atomic E-state index is 0.884. The van der Waals surface area contributed by atoms with Gasteiger partial charge in [-0.3, -0.25) is 0 Å². The van der Waals surface area contributed by atoms with Crippen LogP contribution in [0.25, 0.3) is 76.8 Å². The van der Waals surface area contributed by atoms with Gasteiger partial charge in [0.1, 0.15) is 11.5 Å². The standard InChI is InChI=1S/C54H35NO/c1-2-15-39-33-40(28-27-36(39)13-1)37-29-31-43(32-30-37)55(51-24-9-6-20-47(51)46-22-11-16-38-14-3-4-18-44(38)46)50-23-8-5-19-45(50)42-34-41-17-12-26-53-54(41)49(35-42)48-21-7-10-25-52(48)56-53/h1-35H. The Morgan fingerprint density at radius 3 is 1.73 bits per heavy atom. The summed E-state index contributed by atoms with van der Waals surface area (Å²) in [5.41, 5.74) is 12.6. The first-order chi connectivity index (χ1) is 27.8. The van der Waals surface area contributed by atoms with Crippen LogP contribution in [-0.4, -0.2) is 0 Å². The Morgan fingerprint density at radius 2 is 0.875 bits per heavy atom. The van der Waals surface area contributed by atoms with Crippen LogP contribution in [0.2, 0.25) is 0 Å². The van der Waals surface area contributed by atoms with Gasteiger partial charge in [-0.15, -0.1) is 0 Å². The number of ether oxygens (including phenoxy) is 1. The maximum Gasteiger partial charge on any atom is 0.135 e. The molecule has 0 atom stereocenters. The van der Waals surface area contributed by atoms with Crippen molar-refractivity contribution in [2.75, 3.05) is 4.90 Å². The molecular formula is C54H35NO. The average molecular weight is 714 g/mol. The van der Waals surface area contributed by atoms with Crippen LogP contribution < -0.4 is 9.64 Å². The van der Waals surface area contributed by atoms with Crippen LogP contribution in [0.5, 0.6) is 11.5 Å². The highest BCUT2D eigenvalue weighted by molar-refractivity contribution is 6.08. The third-order valence-electron chi connectivity index (χ3n) is 11.2. The lowest BCUT2D eigenvalue weighted by Gasteiger charge is -2.30. The lowest BCUT2D eigenvalue weighted by Crippen LogP contribution is -2.12. The summed E-state index contributed by atoms with van der Waals surface area (Å²) in [5, 5.41) is 7.24. The van der Waals surface area contributed by atoms with Crippen molar-refractivity contribution < 1.29 is 4.74 Å². The third-order valence-corrected chi connectivity index (χ3v) is 11.2. The van der Waals surface area contributed by atoms with Gasteiger partial charge in [0.15, 0.2) is 0 Å². The van der Waals surface area contributed by atoms with Crippen molar-refractivity contribution in [1.29, 1.82) is 0 Å². The van der Waals surface area contributed by atoms with E-state index in [-0.39, 0.29) is 0 Å². The summed E-state index contributed by atoms with van der Waals surface area (Å²) in [6.07, 6.45) is 0. The SMILES string of the molecule is c1ccc2c(c1)Oc1cccc3cc(-c4ccccc4N(c4ccc(-c5ccc6ccccc6c5)cc4)c4ccccc4-c4cccc5ccccc45)cc-2c13. The van der Waals surface area contributed by atoms with E-state index in [9.17, 15) is 0 Å². The molecule has 262 valence electrons. The first-order valence-electron chi connectivity index (χ1n) is 19.2. The van der Waals surface area contributed by atoms with Crippen molar-refractivity contribution in [3.63, 3.8) is 0 Å². The van der Waals surface area contributed by atoms with Gasteiger partial charge in [-0.1, -0.05) is 158 Å². The van der Waals surface area contributed by atoms with Crippen molar-refractivity contribution in [2.45, 2.75) is 0 Å². The molecule has 10 aromatic rings. The van der Waals surface area contributed by atoms with Gasteiger partial charge in [0.25, 0.3) is 0 Å². The van der Waals surface area contributed by atoms with Gasteiger partial charge in [0.2, 0.25) is 0 Å². The van der Waals surface area contributed by atoms with Crippen LogP contribution in [-0.2, 0) is 0 Å². The molecule has 10 aromatic carbocycles. The highest BCUT2D eigenvalue weighted by Crippen LogP contribution is 2.50. The van der Waals surface area contributed by atoms with E-state index in [1.807, 2.05) is 6.07 Å². The monoisotopic (exact) mass is 713 g/mol. The summed E-state index contributed by atoms with van der Waals surface area (Å²) >= 11 is 0. The molecule has 0 unspecified atom stereocenters. The molecule has 0 fully saturated rings. The number of benzene rings is 10. The number of hydrogen-bond acceptors (Lipinski definition) is 2. The molecule has 1 aliphatic heterocycles. The Bertz CT molecular complexity index is 3120. The molecular weight excluding hydrogens is 679 g/mol. The van der Waals surface area contributed by atoms with Crippen LogP contribution >= 0.6 is 0 Å². The molecule has 0 amide bonds. The second-order valence-electron chi connectivity index (χ2n) is 14.5. The van der Waals surface area contributed by atoms with Gasteiger partial charge in [0.05, 0.1) is 11.4 Å². The molecule has 0 saturated heterocycles. The highest BCUT2D eigenvalue weighted by Gasteiger charge is 2.24. The summed E-state index contributed by atoms with van der Waals surface area (Å²) in [6, 6.07) is 76.7. The Morgan fingerprint density at radius 1 is 0.304 bits per heavy atom. The molecule has 56 heavy (non-hydrogen) atoms. The fourth-order valence-corrected chi connectivity index (χ4v) is 8.59. The van der Waals surface area contributed by atoms with E-state index in [1.54, 1.807) is 0 Å². The Labute approximate surface area is 326 Å². The first kappa shape index (κ1) is 32.0. The van der Waals surface area contributed by atoms with E-state index >= 15 is 0 Å². The number of fused-ring (bicyclic) bond motifs is 4. The number of para-hydroxylation sites is 3. The molecule has 0 N–H and O–H groups in total. The van der Waals surface area contributed by atoms with E-state index in [0.717, 1.165) is 56.0 Å². The number of hydrogen-bond donors (Lipinski definition) is 0. The summed E-state index contributed by atoms with van der Waals surface area (Å²) in [7, 11) is 0. The van der Waals surface area contributed by atoms with Crippen LogP contribution in [0.4, 0.5) is 17.1 Å². The van der Waals surface area contributed by atoms with Gasteiger partial charge in [-0.2, -0.15) is 0 Å². The lowest BCUT2D eigenvalue weighted by atomic mass is 9.90. The van der Waals surface area contributed by atoms with Gasteiger partial charge in [0, 0.05) is 27.8 Å². The van der Waals surface area contributed by atoms with E-state index in [1.165, 1.54) is 49.4 Å². The largest absolute Gasteiger partial charge is 0.456 e. The molecule has 0 saturated carbocycles. The molecule has 0 spiro atoms. The van der Waals surface area contributed by atoms with E-state index in [0.29, 0.717) is 0 Å². The lowest BCUT2D eigenvalue weighted by molar-refractivity contribution is 0.487. The van der Waals surface area contributed by atoms with Gasteiger partial charge >= 0.3 is 0 Å². The Balaban J connectivity index is 1.13. The van der Waals surface area contributed by atoms with Crippen molar-refractivity contribution in [3.05, 3.63) is 212 Å². The fourth-order valence-electron chi connectivity index (χ4n) is 8.59. The van der Waals surface area contributed by atoms with Crippen molar-refractivity contribution >= 4 is 49.4 Å². The highest BCUT2D eigenvalue weighted by atomic mass is 16.5. The fraction of sp³-hybridized carbons (Fsp3) is 0. The predicted octanol–water partition coefficient (Wildman–Crippen LogP) is 15.4. The number of anilines is 3. The number of rotatable bonds is 6. The number of nitrogens with zero attached hydrogens (tertiary/aromatic N) is 1. The molecule has 1 heterocycles. The smallest absolute Gasteiger partial charge is 0.135 e. The zero-order chi connectivity index (χ0) is 37.0. The Hall–Kier alpha value is -7.42. The molecule has 2 nitrogen and oxygen atoms in total. The molecule has 0 bridgehead atoms. The van der Waals surface area contributed by atoms with Crippen molar-refractivity contribution in [2.24, 2.45) is 0 Å². The van der Waals surface area contributed by atoms with Gasteiger partial charge in [-0.25, -0.2) is 0 Å². The minimum absolute atomic E-state index is 0.884. The van der Waals surface area contributed by atoms with E-state index in [4.69, 9.17) is 4.74 Å². The zero-order valence-electron chi connectivity index (χ0n) is 30.6. The third kappa shape index (κ3) is 5.34. The van der Waals surface area contributed by atoms with Crippen LogP contribution in [0.3, 0.4) is 0 Å². The van der Waals surface area contributed by atoms with Crippen LogP contribution in [0.15, 0.2) is 212 Å². The normalized spacial score (nSPS) is 11.7. The molecule has 0 aliphatic carbocycles. The summed E-state index contributed by atoms with van der Waals surface area (Å²) in [6.45, 7) is 0. The molecule has 2 heteroatoms. The van der Waals surface area contributed by atoms with Crippen LogP contribution in [0, 0.1) is 0 Å². The minimum Gasteiger partial charge on any atom is -0.456 e.